The van der Waals surface area contributed by atoms with E-state index in [0.29, 0.717) is 31.5 Å². The van der Waals surface area contributed by atoms with Crippen LogP contribution in [-0.4, -0.2) is 35.3 Å². The van der Waals surface area contributed by atoms with Gasteiger partial charge in [0.2, 0.25) is 0 Å². The molecule has 5 nitrogen and oxygen atoms in total. The Morgan fingerprint density at radius 2 is 2.16 bits per heavy atom. The third kappa shape index (κ3) is 3.16. The number of nitriles is 1. The molecule has 0 aliphatic carbocycles. The molecule has 0 bridgehead atoms. The highest BCUT2D eigenvalue weighted by molar-refractivity contribution is 5.65. The summed E-state index contributed by atoms with van der Waals surface area (Å²) >= 11 is 0. The normalized spacial score (nSPS) is 15.9. The Morgan fingerprint density at radius 3 is 2.68 bits per heavy atom. The molecule has 0 saturated carbocycles. The number of amides is 1. The van der Waals surface area contributed by atoms with Crippen molar-refractivity contribution in [1.82, 2.24) is 4.90 Å². The second-order valence-electron chi connectivity index (χ2n) is 4.68. The third-order valence-corrected chi connectivity index (χ3v) is 3.33. The lowest BCUT2D eigenvalue weighted by Crippen LogP contribution is -2.41. The van der Waals surface area contributed by atoms with Crippen LogP contribution < -0.4 is 4.74 Å². The minimum atomic E-state index is -0.868. The lowest BCUT2D eigenvalue weighted by molar-refractivity contribution is 0.0894. The van der Waals surface area contributed by atoms with Crippen LogP contribution in [0.4, 0.5) is 4.79 Å². The molecule has 0 unspecified atom stereocenters. The molecule has 5 heteroatoms. The van der Waals surface area contributed by atoms with Gasteiger partial charge in [-0.3, -0.25) is 0 Å². The van der Waals surface area contributed by atoms with E-state index in [1.54, 1.807) is 12.1 Å². The molecular formula is C14H16N2O3. The fourth-order valence-corrected chi connectivity index (χ4v) is 2.19. The summed E-state index contributed by atoms with van der Waals surface area (Å²) in [6.45, 7) is 2.89. The van der Waals surface area contributed by atoms with E-state index in [2.05, 4.69) is 6.07 Å². The van der Waals surface area contributed by atoms with Gasteiger partial charge in [-0.15, -0.1) is 0 Å². The third-order valence-electron chi connectivity index (χ3n) is 3.33. The number of piperidine rings is 1. The van der Waals surface area contributed by atoms with Crippen LogP contribution in [0, 0.1) is 18.3 Å². The van der Waals surface area contributed by atoms with Crippen molar-refractivity contribution in [2.45, 2.75) is 25.9 Å². The van der Waals surface area contributed by atoms with Gasteiger partial charge in [0.25, 0.3) is 0 Å². The molecule has 1 saturated heterocycles. The lowest BCUT2D eigenvalue weighted by atomic mass is 10.1. The zero-order valence-electron chi connectivity index (χ0n) is 10.8. The van der Waals surface area contributed by atoms with E-state index in [1.165, 1.54) is 4.90 Å². The zero-order chi connectivity index (χ0) is 13.8. The molecule has 1 amide bonds. The van der Waals surface area contributed by atoms with Gasteiger partial charge in [-0.1, -0.05) is 0 Å². The summed E-state index contributed by atoms with van der Waals surface area (Å²) in [5.41, 5.74) is 1.54. The molecule has 1 aliphatic heterocycles. The quantitative estimate of drug-likeness (QED) is 0.886. The number of carboxylic acid groups (broad SMARTS) is 1. The number of rotatable bonds is 2. The fraction of sp³-hybridized carbons (Fsp3) is 0.429. The molecule has 100 valence electrons. The minimum Gasteiger partial charge on any atom is -0.490 e. The van der Waals surface area contributed by atoms with Crippen LogP contribution in [0.1, 0.15) is 24.0 Å². The van der Waals surface area contributed by atoms with E-state index in [1.807, 2.05) is 13.0 Å². The highest BCUT2D eigenvalue weighted by atomic mass is 16.5. The maximum atomic E-state index is 10.8. The summed E-state index contributed by atoms with van der Waals surface area (Å²) < 4.78 is 5.83. The number of carbonyl (C=O) groups is 1. The Labute approximate surface area is 112 Å². The van der Waals surface area contributed by atoms with Gasteiger partial charge in [0.1, 0.15) is 11.9 Å². The SMILES string of the molecule is Cc1cc(OC2CCN(C(=O)O)CC2)ccc1C#N. The minimum absolute atomic E-state index is 0.0444. The second kappa shape index (κ2) is 5.61. The van der Waals surface area contributed by atoms with Gasteiger partial charge in [-0.25, -0.2) is 4.79 Å². The summed E-state index contributed by atoms with van der Waals surface area (Å²) in [5, 5.41) is 17.7. The summed E-state index contributed by atoms with van der Waals surface area (Å²) in [7, 11) is 0. The highest BCUT2D eigenvalue weighted by Gasteiger charge is 2.23. The number of aryl methyl sites for hydroxylation is 1. The molecule has 0 atom stereocenters. The molecule has 1 aromatic carbocycles. The van der Waals surface area contributed by atoms with Crippen molar-refractivity contribution in [3.8, 4) is 11.8 Å². The smallest absolute Gasteiger partial charge is 0.407 e. The first-order chi connectivity index (χ1) is 9.10. The first-order valence-electron chi connectivity index (χ1n) is 6.25. The molecule has 2 rings (SSSR count). The Kier molecular flexibility index (Phi) is 3.91. The van der Waals surface area contributed by atoms with Gasteiger partial charge in [-0.05, 0) is 30.7 Å². The van der Waals surface area contributed by atoms with Crippen LogP contribution in [0.25, 0.3) is 0 Å². The van der Waals surface area contributed by atoms with Gasteiger partial charge in [0, 0.05) is 25.9 Å². The predicted molar refractivity (Wildman–Crippen MR) is 69.1 cm³/mol. The monoisotopic (exact) mass is 260 g/mol. The number of benzene rings is 1. The molecule has 1 aromatic rings. The Bertz CT molecular complexity index is 514. The summed E-state index contributed by atoms with van der Waals surface area (Å²) in [5.74, 6) is 0.741. The van der Waals surface area contributed by atoms with Crippen molar-refractivity contribution in [3.63, 3.8) is 0 Å². The van der Waals surface area contributed by atoms with E-state index >= 15 is 0 Å². The van der Waals surface area contributed by atoms with Crippen LogP contribution in [0.15, 0.2) is 18.2 Å². The van der Waals surface area contributed by atoms with Crippen LogP contribution in [-0.2, 0) is 0 Å². The second-order valence-corrected chi connectivity index (χ2v) is 4.68. The van der Waals surface area contributed by atoms with Crippen molar-refractivity contribution in [3.05, 3.63) is 29.3 Å². The zero-order valence-corrected chi connectivity index (χ0v) is 10.8. The number of nitrogens with zero attached hydrogens (tertiary/aromatic N) is 2. The standard InChI is InChI=1S/C14H16N2O3/c1-10-8-13(3-2-11(10)9-15)19-12-4-6-16(7-5-12)14(17)18/h2-3,8,12H,4-7H2,1H3,(H,17,18). The molecule has 0 aromatic heterocycles. The molecule has 1 N–H and O–H groups in total. The Balaban J connectivity index is 1.94. The van der Waals surface area contributed by atoms with E-state index in [-0.39, 0.29) is 6.10 Å². The molecule has 19 heavy (non-hydrogen) atoms. The summed E-state index contributed by atoms with van der Waals surface area (Å²) in [6, 6.07) is 7.50. The predicted octanol–water partition coefficient (Wildman–Crippen LogP) is 2.39. The largest absolute Gasteiger partial charge is 0.490 e. The number of ether oxygens (including phenoxy) is 1. The van der Waals surface area contributed by atoms with Crippen molar-refractivity contribution in [2.75, 3.05) is 13.1 Å². The van der Waals surface area contributed by atoms with Crippen molar-refractivity contribution in [1.29, 1.82) is 5.26 Å². The van der Waals surface area contributed by atoms with E-state index in [0.717, 1.165) is 11.3 Å². The molecule has 1 fully saturated rings. The first kappa shape index (κ1) is 13.2. The number of hydrogen-bond acceptors (Lipinski definition) is 3. The fourth-order valence-electron chi connectivity index (χ4n) is 2.19. The van der Waals surface area contributed by atoms with Gasteiger partial charge < -0.3 is 14.7 Å². The average molecular weight is 260 g/mol. The van der Waals surface area contributed by atoms with Gasteiger partial charge in [0.15, 0.2) is 0 Å². The van der Waals surface area contributed by atoms with Gasteiger partial charge in [-0.2, -0.15) is 5.26 Å². The van der Waals surface area contributed by atoms with E-state index in [9.17, 15) is 4.79 Å². The topological polar surface area (TPSA) is 73.6 Å². The number of likely N-dealkylation sites (tertiary alicyclic amines) is 1. The molecule has 0 spiro atoms. The van der Waals surface area contributed by atoms with Gasteiger partial charge >= 0.3 is 6.09 Å². The Hall–Kier alpha value is -2.22. The highest BCUT2D eigenvalue weighted by Crippen LogP contribution is 2.21. The van der Waals surface area contributed by atoms with E-state index in [4.69, 9.17) is 15.1 Å². The van der Waals surface area contributed by atoms with Crippen molar-refractivity contribution >= 4 is 6.09 Å². The van der Waals surface area contributed by atoms with Crippen LogP contribution in [0.5, 0.6) is 5.75 Å². The number of hydrogen-bond donors (Lipinski definition) is 1. The lowest BCUT2D eigenvalue weighted by Gasteiger charge is -2.30. The maximum Gasteiger partial charge on any atom is 0.407 e. The van der Waals surface area contributed by atoms with Crippen molar-refractivity contribution in [2.24, 2.45) is 0 Å². The maximum absolute atomic E-state index is 10.8. The molecule has 1 aliphatic rings. The Morgan fingerprint density at radius 1 is 1.47 bits per heavy atom. The van der Waals surface area contributed by atoms with Crippen LogP contribution >= 0.6 is 0 Å². The van der Waals surface area contributed by atoms with E-state index < -0.39 is 6.09 Å². The van der Waals surface area contributed by atoms with Crippen molar-refractivity contribution < 1.29 is 14.6 Å². The summed E-state index contributed by atoms with van der Waals surface area (Å²) in [4.78, 5) is 12.2. The van der Waals surface area contributed by atoms with Gasteiger partial charge in [0.05, 0.1) is 11.6 Å². The average Bonchev–Trinajstić information content (AvgIpc) is 2.39. The first-order valence-corrected chi connectivity index (χ1v) is 6.25. The summed E-state index contributed by atoms with van der Waals surface area (Å²) in [6.07, 6.45) is 0.576. The molecule has 0 radical (unpaired) electrons. The van der Waals surface area contributed by atoms with Crippen LogP contribution in [0.2, 0.25) is 0 Å². The molecular weight excluding hydrogens is 244 g/mol. The van der Waals surface area contributed by atoms with Crippen LogP contribution in [0.3, 0.4) is 0 Å². The molecule has 1 heterocycles.